The van der Waals surface area contributed by atoms with E-state index in [1.165, 1.54) is 6.42 Å². The summed E-state index contributed by atoms with van der Waals surface area (Å²) >= 11 is 0. The molecule has 0 radical (unpaired) electrons. The summed E-state index contributed by atoms with van der Waals surface area (Å²) in [4.78, 5) is 0. The fraction of sp³-hybridized carbons (Fsp3) is 1.00. The summed E-state index contributed by atoms with van der Waals surface area (Å²) in [5.41, 5.74) is 0.0147. The van der Waals surface area contributed by atoms with Crippen LogP contribution in [0.5, 0.6) is 0 Å². The van der Waals surface area contributed by atoms with Crippen LogP contribution in [0.2, 0.25) is 0 Å². The minimum absolute atomic E-state index is 0.389. The monoisotopic (exact) mass is 200 g/mol. The highest BCUT2D eigenvalue weighted by Gasteiger charge is 2.23. The number of hydrogen-bond acceptors (Lipinski definition) is 1. The van der Waals surface area contributed by atoms with Crippen molar-refractivity contribution in [2.75, 3.05) is 0 Å². The molecule has 0 bridgehead atoms. The Kier molecular flexibility index (Phi) is 5.73. The van der Waals surface area contributed by atoms with Gasteiger partial charge in [-0.05, 0) is 31.1 Å². The topological polar surface area (TPSA) is 20.2 Å². The average molecular weight is 200 g/mol. The van der Waals surface area contributed by atoms with Gasteiger partial charge in [-0.1, -0.05) is 47.5 Å². The fourth-order valence-electron chi connectivity index (χ4n) is 1.89. The van der Waals surface area contributed by atoms with Gasteiger partial charge in [-0.15, -0.1) is 0 Å². The maximum Gasteiger partial charge on any atom is 0.0645 e. The van der Waals surface area contributed by atoms with Gasteiger partial charge in [0.05, 0.1) is 5.60 Å². The smallest absolute Gasteiger partial charge is 0.0645 e. The van der Waals surface area contributed by atoms with Crippen LogP contribution in [0.3, 0.4) is 0 Å². The van der Waals surface area contributed by atoms with Gasteiger partial charge in [0.15, 0.2) is 0 Å². The molecule has 0 aromatic rings. The van der Waals surface area contributed by atoms with Crippen molar-refractivity contribution in [1.29, 1.82) is 0 Å². The van der Waals surface area contributed by atoms with Crippen molar-refractivity contribution in [3.05, 3.63) is 0 Å². The van der Waals surface area contributed by atoms with Crippen LogP contribution in [0.15, 0.2) is 0 Å². The standard InChI is InChI=1S/C13H28O/c1-6-9-13(14,7-2)11-8-10-12(3,4)5/h14H,6-11H2,1-5H3. The van der Waals surface area contributed by atoms with E-state index in [1.807, 2.05) is 0 Å². The Balaban J connectivity index is 3.84. The molecule has 1 nitrogen and oxygen atoms in total. The summed E-state index contributed by atoms with van der Waals surface area (Å²) in [5.74, 6) is 0. The van der Waals surface area contributed by atoms with Crippen LogP contribution < -0.4 is 0 Å². The highest BCUT2D eigenvalue weighted by molar-refractivity contribution is 4.77. The first kappa shape index (κ1) is 14.0. The second-order valence-electron chi connectivity index (χ2n) is 5.74. The molecule has 86 valence electrons. The molecular weight excluding hydrogens is 172 g/mol. The molecule has 0 saturated carbocycles. The first-order valence-electron chi connectivity index (χ1n) is 6.05. The van der Waals surface area contributed by atoms with E-state index < -0.39 is 0 Å². The SMILES string of the molecule is CCCC(O)(CC)CCCC(C)(C)C. The third kappa shape index (κ3) is 6.42. The molecule has 0 rings (SSSR count). The molecule has 1 unspecified atom stereocenters. The molecule has 1 N–H and O–H groups in total. The van der Waals surface area contributed by atoms with Gasteiger partial charge in [0, 0.05) is 0 Å². The summed E-state index contributed by atoms with van der Waals surface area (Å²) in [5, 5.41) is 10.2. The zero-order valence-corrected chi connectivity index (χ0v) is 10.7. The third-order valence-corrected chi connectivity index (χ3v) is 2.94. The Hall–Kier alpha value is -0.0400. The van der Waals surface area contributed by atoms with Crippen LogP contribution in [0.1, 0.15) is 73.1 Å². The molecule has 0 aliphatic rings. The third-order valence-electron chi connectivity index (χ3n) is 2.94. The number of aliphatic hydroxyl groups is 1. The molecule has 0 spiro atoms. The van der Waals surface area contributed by atoms with Gasteiger partial charge in [-0.25, -0.2) is 0 Å². The van der Waals surface area contributed by atoms with Crippen LogP contribution in [-0.4, -0.2) is 10.7 Å². The minimum Gasteiger partial charge on any atom is -0.390 e. The molecule has 0 fully saturated rings. The lowest BCUT2D eigenvalue weighted by molar-refractivity contribution is 0.0139. The van der Waals surface area contributed by atoms with E-state index in [9.17, 15) is 5.11 Å². The van der Waals surface area contributed by atoms with E-state index in [0.29, 0.717) is 5.41 Å². The Labute approximate surface area is 89.9 Å². The van der Waals surface area contributed by atoms with E-state index in [0.717, 1.165) is 32.1 Å². The molecule has 0 aromatic carbocycles. The summed E-state index contributed by atoms with van der Waals surface area (Å²) in [6.45, 7) is 11.0. The highest BCUT2D eigenvalue weighted by Crippen LogP contribution is 2.28. The van der Waals surface area contributed by atoms with Gasteiger partial charge in [-0.2, -0.15) is 0 Å². The zero-order chi connectivity index (χ0) is 11.2. The van der Waals surface area contributed by atoms with Gasteiger partial charge >= 0.3 is 0 Å². The summed E-state index contributed by atoms with van der Waals surface area (Å²) in [7, 11) is 0. The van der Waals surface area contributed by atoms with Gasteiger partial charge in [0.2, 0.25) is 0 Å². The molecule has 0 saturated heterocycles. The molecule has 0 aliphatic carbocycles. The summed E-state index contributed by atoms with van der Waals surface area (Å²) < 4.78 is 0. The van der Waals surface area contributed by atoms with Gasteiger partial charge in [0.1, 0.15) is 0 Å². The van der Waals surface area contributed by atoms with Crippen molar-refractivity contribution < 1.29 is 5.11 Å². The maximum atomic E-state index is 10.2. The van der Waals surface area contributed by atoms with Crippen molar-refractivity contribution in [3.8, 4) is 0 Å². The highest BCUT2D eigenvalue weighted by atomic mass is 16.3. The Morgan fingerprint density at radius 2 is 1.50 bits per heavy atom. The quantitative estimate of drug-likeness (QED) is 0.683. The van der Waals surface area contributed by atoms with E-state index in [2.05, 4.69) is 34.6 Å². The lowest BCUT2D eigenvalue weighted by Gasteiger charge is -2.28. The Bertz CT molecular complexity index is 146. The fourth-order valence-corrected chi connectivity index (χ4v) is 1.89. The molecule has 0 aromatic heterocycles. The van der Waals surface area contributed by atoms with E-state index >= 15 is 0 Å². The molecule has 0 amide bonds. The first-order valence-corrected chi connectivity index (χ1v) is 6.05. The number of hydrogen-bond donors (Lipinski definition) is 1. The number of rotatable bonds is 6. The lowest BCUT2D eigenvalue weighted by atomic mass is 9.84. The summed E-state index contributed by atoms with van der Waals surface area (Å²) in [6, 6.07) is 0. The second kappa shape index (κ2) is 5.75. The van der Waals surface area contributed by atoms with Crippen LogP contribution in [-0.2, 0) is 0 Å². The Morgan fingerprint density at radius 3 is 1.86 bits per heavy atom. The van der Waals surface area contributed by atoms with Crippen LogP contribution in [0.4, 0.5) is 0 Å². The molecule has 0 aliphatic heterocycles. The molecule has 1 atom stereocenters. The van der Waals surface area contributed by atoms with Crippen molar-refractivity contribution >= 4 is 0 Å². The maximum absolute atomic E-state index is 10.2. The largest absolute Gasteiger partial charge is 0.390 e. The van der Waals surface area contributed by atoms with E-state index in [4.69, 9.17) is 0 Å². The normalized spacial score (nSPS) is 16.7. The Morgan fingerprint density at radius 1 is 0.929 bits per heavy atom. The minimum atomic E-state index is -0.389. The van der Waals surface area contributed by atoms with Crippen molar-refractivity contribution in [2.24, 2.45) is 5.41 Å². The first-order chi connectivity index (χ1) is 6.33. The van der Waals surface area contributed by atoms with Crippen molar-refractivity contribution in [3.63, 3.8) is 0 Å². The van der Waals surface area contributed by atoms with E-state index in [-0.39, 0.29) is 5.60 Å². The van der Waals surface area contributed by atoms with Crippen LogP contribution in [0.25, 0.3) is 0 Å². The lowest BCUT2D eigenvalue weighted by Crippen LogP contribution is -2.27. The molecule has 14 heavy (non-hydrogen) atoms. The molecule has 1 heteroatoms. The zero-order valence-electron chi connectivity index (χ0n) is 10.7. The van der Waals surface area contributed by atoms with E-state index in [1.54, 1.807) is 0 Å². The predicted octanol–water partition coefficient (Wildman–Crippen LogP) is 4.14. The molecule has 0 heterocycles. The van der Waals surface area contributed by atoms with Crippen molar-refractivity contribution in [2.45, 2.75) is 78.7 Å². The van der Waals surface area contributed by atoms with Gasteiger partial charge in [-0.3, -0.25) is 0 Å². The van der Waals surface area contributed by atoms with Gasteiger partial charge < -0.3 is 5.11 Å². The average Bonchev–Trinajstić information content (AvgIpc) is 2.02. The van der Waals surface area contributed by atoms with Crippen molar-refractivity contribution in [1.82, 2.24) is 0 Å². The van der Waals surface area contributed by atoms with Crippen LogP contribution >= 0.6 is 0 Å². The molecular formula is C13H28O. The second-order valence-corrected chi connectivity index (χ2v) is 5.74. The van der Waals surface area contributed by atoms with Crippen LogP contribution in [0, 0.1) is 5.41 Å². The van der Waals surface area contributed by atoms with Gasteiger partial charge in [0.25, 0.3) is 0 Å². The predicted molar refractivity (Wildman–Crippen MR) is 63.5 cm³/mol. The summed E-state index contributed by atoms with van der Waals surface area (Å²) in [6.07, 6.45) is 6.25.